The molecule has 0 aliphatic carbocycles. The Bertz CT molecular complexity index is 596. The van der Waals surface area contributed by atoms with Gasteiger partial charge >= 0.3 is 0 Å². The van der Waals surface area contributed by atoms with E-state index in [-0.39, 0.29) is 0 Å². The predicted octanol–water partition coefficient (Wildman–Crippen LogP) is 4.73. The zero-order valence-electron chi connectivity index (χ0n) is 8.93. The van der Waals surface area contributed by atoms with Crippen molar-refractivity contribution in [2.75, 3.05) is 0 Å². The van der Waals surface area contributed by atoms with E-state index < -0.39 is 0 Å². The molecule has 3 nitrogen and oxygen atoms in total. The van der Waals surface area contributed by atoms with Crippen LogP contribution < -0.4 is 4.74 Å². The van der Waals surface area contributed by atoms with Crippen molar-refractivity contribution in [1.29, 1.82) is 0 Å². The molecular weight excluding hydrogens is 236 g/mol. The summed E-state index contributed by atoms with van der Waals surface area (Å²) >= 11 is 5.89. The first kappa shape index (κ1) is 10.3. The second kappa shape index (κ2) is 4.18. The molecule has 3 rings (SSSR count). The van der Waals surface area contributed by atoms with Crippen LogP contribution in [0.1, 0.15) is 5.56 Å². The number of hydrogen-bond acceptors (Lipinski definition) is 3. The Morgan fingerprint density at radius 2 is 1.94 bits per heavy atom. The molecule has 0 fully saturated rings. The Hall–Kier alpha value is -1.87. The maximum Gasteiger partial charge on any atom is 0.128 e. The molecule has 2 aromatic rings. The molecule has 17 heavy (non-hydrogen) atoms. The van der Waals surface area contributed by atoms with Gasteiger partial charge in [-0.3, -0.25) is 0 Å². The number of halogens is 1. The molecule has 0 N–H and O–H groups in total. The Kier molecular flexibility index (Phi) is 2.53. The first-order valence-electron chi connectivity index (χ1n) is 5.25. The number of nitrogens with zero attached hydrogens (tertiary/aromatic N) is 2. The highest BCUT2D eigenvalue weighted by atomic mass is 35.5. The van der Waals surface area contributed by atoms with Crippen molar-refractivity contribution in [2.24, 2.45) is 10.2 Å². The largest absolute Gasteiger partial charge is 0.457 e. The van der Waals surface area contributed by atoms with E-state index in [1.165, 1.54) is 0 Å². The molecule has 0 bridgehead atoms. The fourth-order valence-electron chi connectivity index (χ4n) is 1.70. The third kappa shape index (κ3) is 2.15. The standard InChI is InChI=1S/C13H9ClN2O/c14-10-2-1-3-11(7-10)17-12-4-5-13-9(6-12)8-15-16-13/h1-7H,8H2. The number of ether oxygens (including phenoxy) is 1. The van der Waals surface area contributed by atoms with Gasteiger partial charge in [-0.25, -0.2) is 0 Å². The van der Waals surface area contributed by atoms with Crippen molar-refractivity contribution in [3.05, 3.63) is 53.1 Å². The monoisotopic (exact) mass is 244 g/mol. The summed E-state index contributed by atoms with van der Waals surface area (Å²) in [7, 11) is 0. The van der Waals surface area contributed by atoms with E-state index in [0.717, 1.165) is 22.7 Å². The highest BCUT2D eigenvalue weighted by Crippen LogP contribution is 2.32. The molecule has 2 aromatic carbocycles. The van der Waals surface area contributed by atoms with Crippen LogP contribution in [0.25, 0.3) is 0 Å². The average Bonchev–Trinajstić information content (AvgIpc) is 2.76. The smallest absolute Gasteiger partial charge is 0.128 e. The van der Waals surface area contributed by atoms with Crippen LogP contribution in [-0.4, -0.2) is 0 Å². The summed E-state index contributed by atoms with van der Waals surface area (Å²) in [6.07, 6.45) is 0. The minimum absolute atomic E-state index is 0.627. The van der Waals surface area contributed by atoms with Gasteiger partial charge < -0.3 is 4.74 Å². The van der Waals surface area contributed by atoms with Crippen LogP contribution in [0, 0.1) is 0 Å². The van der Waals surface area contributed by atoms with Crippen molar-refractivity contribution in [3.8, 4) is 11.5 Å². The molecule has 0 amide bonds. The molecule has 0 atom stereocenters. The first-order chi connectivity index (χ1) is 8.31. The van der Waals surface area contributed by atoms with Crippen molar-refractivity contribution in [1.82, 2.24) is 0 Å². The fraction of sp³-hybridized carbons (Fsp3) is 0.0769. The summed E-state index contributed by atoms with van der Waals surface area (Å²) in [4.78, 5) is 0. The summed E-state index contributed by atoms with van der Waals surface area (Å²) < 4.78 is 5.72. The lowest BCUT2D eigenvalue weighted by Gasteiger charge is -2.06. The van der Waals surface area contributed by atoms with Crippen molar-refractivity contribution in [2.45, 2.75) is 6.54 Å². The molecule has 84 valence electrons. The molecule has 0 saturated heterocycles. The van der Waals surface area contributed by atoms with E-state index in [9.17, 15) is 0 Å². The molecular formula is C13H9ClN2O. The zero-order valence-corrected chi connectivity index (χ0v) is 9.69. The van der Waals surface area contributed by atoms with Gasteiger partial charge in [0.1, 0.15) is 11.5 Å². The second-order valence-electron chi connectivity index (χ2n) is 3.75. The summed E-state index contributed by atoms with van der Waals surface area (Å²) in [5.74, 6) is 1.50. The van der Waals surface area contributed by atoms with E-state index in [1.807, 2.05) is 36.4 Å². The highest BCUT2D eigenvalue weighted by Gasteiger charge is 2.09. The van der Waals surface area contributed by atoms with Gasteiger partial charge in [-0.2, -0.15) is 10.2 Å². The molecule has 1 aliphatic heterocycles. The second-order valence-corrected chi connectivity index (χ2v) is 4.19. The van der Waals surface area contributed by atoms with Gasteiger partial charge in [0.25, 0.3) is 0 Å². The molecule has 1 aliphatic rings. The Morgan fingerprint density at radius 3 is 2.82 bits per heavy atom. The lowest BCUT2D eigenvalue weighted by molar-refractivity contribution is 0.482. The third-order valence-electron chi connectivity index (χ3n) is 2.50. The van der Waals surface area contributed by atoms with Crippen LogP contribution in [0.5, 0.6) is 11.5 Å². The first-order valence-corrected chi connectivity index (χ1v) is 5.63. The van der Waals surface area contributed by atoms with Gasteiger partial charge in [0.2, 0.25) is 0 Å². The van der Waals surface area contributed by atoms with Crippen LogP contribution in [0.4, 0.5) is 5.69 Å². The number of azo groups is 1. The van der Waals surface area contributed by atoms with Crippen LogP contribution in [-0.2, 0) is 6.54 Å². The molecule has 1 heterocycles. The summed E-state index contributed by atoms with van der Waals surface area (Å²) in [5.41, 5.74) is 2.01. The quantitative estimate of drug-likeness (QED) is 0.752. The number of benzene rings is 2. The molecule has 4 heteroatoms. The lowest BCUT2D eigenvalue weighted by atomic mass is 10.2. The van der Waals surface area contributed by atoms with Crippen molar-refractivity contribution >= 4 is 17.3 Å². The van der Waals surface area contributed by atoms with E-state index >= 15 is 0 Å². The number of rotatable bonds is 2. The van der Waals surface area contributed by atoms with E-state index in [2.05, 4.69) is 10.2 Å². The third-order valence-corrected chi connectivity index (χ3v) is 2.74. The number of fused-ring (bicyclic) bond motifs is 1. The Labute approximate surface area is 104 Å². The minimum Gasteiger partial charge on any atom is -0.457 e. The van der Waals surface area contributed by atoms with E-state index in [4.69, 9.17) is 16.3 Å². The molecule has 0 spiro atoms. The molecule has 0 saturated carbocycles. The molecule has 0 radical (unpaired) electrons. The molecule has 0 unspecified atom stereocenters. The van der Waals surface area contributed by atoms with Gasteiger partial charge in [-0.15, -0.1) is 0 Å². The fourth-order valence-corrected chi connectivity index (χ4v) is 1.88. The topological polar surface area (TPSA) is 34.0 Å². The van der Waals surface area contributed by atoms with Crippen LogP contribution in [0.3, 0.4) is 0 Å². The summed E-state index contributed by atoms with van der Waals surface area (Å²) in [5, 5.41) is 8.63. The SMILES string of the molecule is Clc1cccc(Oc2ccc3c(c2)CN=N3)c1. The van der Waals surface area contributed by atoms with Crippen LogP contribution in [0.2, 0.25) is 5.02 Å². The normalized spacial score (nSPS) is 12.5. The predicted molar refractivity (Wildman–Crippen MR) is 66.2 cm³/mol. The van der Waals surface area contributed by atoms with Gasteiger partial charge in [0.15, 0.2) is 0 Å². The van der Waals surface area contributed by atoms with Gasteiger partial charge in [-0.05, 0) is 36.4 Å². The van der Waals surface area contributed by atoms with E-state index in [0.29, 0.717) is 11.6 Å². The Balaban J connectivity index is 1.87. The maximum absolute atomic E-state index is 5.89. The van der Waals surface area contributed by atoms with Crippen molar-refractivity contribution < 1.29 is 4.74 Å². The van der Waals surface area contributed by atoms with Crippen LogP contribution in [0.15, 0.2) is 52.7 Å². The lowest BCUT2D eigenvalue weighted by Crippen LogP contribution is -1.85. The highest BCUT2D eigenvalue weighted by molar-refractivity contribution is 6.30. The Morgan fingerprint density at radius 1 is 1.06 bits per heavy atom. The minimum atomic E-state index is 0.627. The summed E-state index contributed by atoms with van der Waals surface area (Å²) in [6, 6.07) is 13.1. The summed E-state index contributed by atoms with van der Waals surface area (Å²) in [6.45, 7) is 0.627. The maximum atomic E-state index is 5.89. The van der Waals surface area contributed by atoms with E-state index in [1.54, 1.807) is 6.07 Å². The zero-order chi connectivity index (χ0) is 11.7. The van der Waals surface area contributed by atoms with Gasteiger partial charge in [0.05, 0.1) is 12.2 Å². The van der Waals surface area contributed by atoms with Crippen molar-refractivity contribution in [3.63, 3.8) is 0 Å². The van der Waals surface area contributed by atoms with Gasteiger partial charge in [0, 0.05) is 10.6 Å². The van der Waals surface area contributed by atoms with Crippen LogP contribution >= 0.6 is 11.6 Å². The van der Waals surface area contributed by atoms with Gasteiger partial charge in [-0.1, -0.05) is 17.7 Å². The number of hydrogen-bond donors (Lipinski definition) is 0. The molecule has 0 aromatic heterocycles. The average molecular weight is 245 g/mol.